The van der Waals surface area contributed by atoms with E-state index in [-0.39, 0.29) is 24.0 Å². The highest BCUT2D eigenvalue weighted by molar-refractivity contribution is 14.0. The molecule has 2 fully saturated rings. The van der Waals surface area contributed by atoms with Gasteiger partial charge in [-0.05, 0) is 45.1 Å². The molecule has 170 valence electrons. The van der Waals surface area contributed by atoms with Gasteiger partial charge in [-0.3, -0.25) is 9.89 Å². The number of rotatable bonds is 9. The first-order valence-electron chi connectivity index (χ1n) is 11.3. The SMILES string of the molecule is CCNC(=NCCCOC1CCOCC1)NC1CC(C)N(Cc2ccccc2)C1.I. The van der Waals surface area contributed by atoms with Crippen LogP contribution in [-0.4, -0.2) is 68.5 Å². The molecule has 2 aliphatic rings. The highest BCUT2D eigenvalue weighted by atomic mass is 127. The van der Waals surface area contributed by atoms with Crippen LogP contribution in [0.4, 0.5) is 0 Å². The third-order valence-electron chi connectivity index (χ3n) is 5.71. The minimum atomic E-state index is 0. The molecule has 2 saturated heterocycles. The van der Waals surface area contributed by atoms with Gasteiger partial charge < -0.3 is 20.1 Å². The van der Waals surface area contributed by atoms with Gasteiger partial charge in [0.15, 0.2) is 5.96 Å². The van der Waals surface area contributed by atoms with Gasteiger partial charge in [-0.2, -0.15) is 0 Å². The van der Waals surface area contributed by atoms with Crippen molar-refractivity contribution in [2.45, 2.75) is 64.3 Å². The average molecular weight is 530 g/mol. The molecule has 6 nitrogen and oxygen atoms in total. The summed E-state index contributed by atoms with van der Waals surface area (Å²) in [5.74, 6) is 0.928. The molecule has 7 heteroatoms. The van der Waals surface area contributed by atoms with Gasteiger partial charge in [-0.15, -0.1) is 24.0 Å². The number of ether oxygens (including phenoxy) is 2. The van der Waals surface area contributed by atoms with Crippen molar-refractivity contribution in [2.75, 3.05) is 39.5 Å². The van der Waals surface area contributed by atoms with Crippen LogP contribution in [0.25, 0.3) is 0 Å². The van der Waals surface area contributed by atoms with Crippen molar-refractivity contribution in [3.63, 3.8) is 0 Å². The molecule has 1 aromatic carbocycles. The number of likely N-dealkylation sites (tertiary alicyclic amines) is 1. The normalized spacial score (nSPS) is 23.2. The van der Waals surface area contributed by atoms with Gasteiger partial charge in [-0.1, -0.05) is 30.3 Å². The molecule has 0 bridgehead atoms. The molecule has 1 aromatic rings. The van der Waals surface area contributed by atoms with E-state index in [1.807, 2.05) is 0 Å². The maximum absolute atomic E-state index is 5.95. The fourth-order valence-corrected chi connectivity index (χ4v) is 4.10. The maximum Gasteiger partial charge on any atom is 0.191 e. The monoisotopic (exact) mass is 530 g/mol. The molecule has 0 aliphatic carbocycles. The zero-order valence-corrected chi connectivity index (χ0v) is 20.8. The molecular formula is C23H39IN4O2. The van der Waals surface area contributed by atoms with Crippen LogP contribution in [-0.2, 0) is 16.0 Å². The lowest BCUT2D eigenvalue weighted by molar-refractivity contribution is -0.0318. The van der Waals surface area contributed by atoms with E-state index >= 15 is 0 Å². The van der Waals surface area contributed by atoms with E-state index in [0.29, 0.717) is 18.2 Å². The molecule has 0 radical (unpaired) electrons. The Labute approximate surface area is 199 Å². The van der Waals surface area contributed by atoms with E-state index in [2.05, 4.69) is 59.7 Å². The Morgan fingerprint density at radius 2 is 2.00 bits per heavy atom. The minimum Gasteiger partial charge on any atom is -0.381 e. The second-order valence-corrected chi connectivity index (χ2v) is 8.14. The van der Waals surface area contributed by atoms with Crippen molar-refractivity contribution in [1.29, 1.82) is 0 Å². The lowest BCUT2D eigenvalue weighted by Gasteiger charge is -2.22. The van der Waals surface area contributed by atoms with Crippen LogP contribution in [0.3, 0.4) is 0 Å². The highest BCUT2D eigenvalue weighted by Gasteiger charge is 2.29. The number of hydrogen-bond acceptors (Lipinski definition) is 4. The second kappa shape index (κ2) is 14.2. The summed E-state index contributed by atoms with van der Waals surface area (Å²) < 4.78 is 11.3. The van der Waals surface area contributed by atoms with Crippen molar-refractivity contribution in [3.8, 4) is 0 Å². The van der Waals surface area contributed by atoms with E-state index in [0.717, 1.165) is 77.6 Å². The Morgan fingerprint density at radius 3 is 2.73 bits per heavy atom. The number of nitrogens with zero attached hydrogens (tertiary/aromatic N) is 2. The van der Waals surface area contributed by atoms with Gasteiger partial charge in [0.1, 0.15) is 0 Å². The number of aliphatic imine (C=N–C) groups is 1. The van der Waals surface area contributed by atoms with Crippen LogP contribution in [0.1, 0.15) is 45.1 Å². The molecule has 0 spiro atoms. The van der Waals surface area contributed by atoms with Crippen LogP contribution in [0, 0.1) is 0 Å². The summed E-state index contributed by atoms with van der Waals surface area (Å²) in [7, 11) is 0. The van der Waals surface area contributed by atoms with E-state index in [1.54, 1.807) is 0 Å². The fraction of sp³-hybridized carbons (Fsp3) is 0.696. The van der Waals surface area contributed by atoms with Crippen LogP contribution >= 0.6 is 24.0 Å². The predicted octanol–water partition coefficient (Wildman–Crippen LogP) is 3.41. The van der Waals surface area contributed by atoms with Gasteiger partial charge >= 0.3 is 0 Å². The molecule has 2 heterocycles. The number of halogens is 1. The zero-order valence-electron chi connectivity index (χ0n) is 18.5. The first-order chi connectivity index (χ1) is 14.2. The molecule has 30 heavy (non-hydrogen) atoms. The van der Waals surface area contributed by atoms with E-state index in [4.69, 9.17) is 14.5 Å². The fourth-order valence-electron chi connectivity index (χ4n) is 4.10. The van der Waals surface area contributed by atoms with Crippen LogP contribution < -0.4 is 10.6 Å². The summed E-state index contributed by atoms with van der Waals surface area (Å²) in [5, 5.41) is 7.04. The van der Waals surface area contributed by atoms with Gasteiger partial charge in [0.25, 0.3) is 0 Å². The Balaban J connectivity index is 0.00000320. The van der Waals surface area contributed by atoms with Crippen LogP contribution in [0.5, 0.6) is 0 Å². The van der Waals surface area contributed by atoms with Gasteiger partial charge in [-0.25, -0.2) is 0 Å². The molecular weight excluding hydrogens is 491 g/mol. The summed E-state index contributed by atoms with van der Waals surface area (Å²) >= 11 is 0. The first kappa shape index (κ1) is 25.4. The van der Waals surface area contributed by atoms with Crippen molar-refractivity contribution in [2.24, 2.45) is 4.99 Å². The molecule has 2 unspecified atom stereocenters. The molecule has 2 N–H and O–H groups in total. The van der Waals surface area contributed by atoms with Crippen molar-refractivity contribution in [1.82, 2.24) is 15.5 Å². The van der Waals surface area contributed by atoms with E-state index < -0.39 is 0 Å². The van der Waals surface area contributed by atoms with Gasteiger partial charge in [0, 0.05) is 58.1 Å². The summed E-state index contributed by atoms with van der Waals surface area (Å²) in [4.78, 5) is 7.32. The second-order valence-electron chi connectivity index (χ2n) is 8.14. The van der Waals surface area contributed by atoms with E-state index in [9.17, 15) is 0 Å². The maximum atomic E-state index is 5.95. The standard InChI is InChI=1S/C23H38N4O2.HI/c1-3-24-23(25-12-7-13-29-22-10-14-28-15-11-22)26-21-16-19(2)27(18-21)17-20-8-5-4-6-9-20;/h4-6,8-9,19,21-22H,3,7,10-18H2,1-2H3,(H2,24,25,26);1H. The van der Waals surface area contributed by atoms with Crippen molar-refractivity contribution >= 4 is 29.9 Å². The average Bonchev–Trinajstić information content (AvgIpc) is 3.08. The molecule has 0 aromatic heterocycles. The number of nitrogens with one attached hydrogen (secondary N) is 2. The Bertz CT molecular complexity index is 610. The summed E-state index contributed by atoms with van der Waals surface area (Å²) in [6.07, 6.45) is 4.51. The number of hydrogen-bond donors (Lipinski definition) is 2. The summed E-state index contributed by atoms with van der Waals surface area (Å²) in [6.45, 7) is 10.6. The topological polar surface area (TPSA) is 58.1 Å². The highest BCUT2D eigenvalue weighted by Crippen LogP contribution is 2.20. The Kier molecular flexibility index (Phi) is 12.0. The quantitative estimate of drug-likeness (QED) is 0.222. The summed E-state index contributed by atoms with van der Waals surface area (Å²) in [6, 6.07) is 11.7. The largest absolute Gasteiger partial charge is 0.381 e. The Hall–Kier alpha value is -0.900. The first-order valence-corrected chi connectivity index (χ1v) is 11.3. The molecule has 3 rings (SSSR count). The lowest BCUT2D eigenvalue weighted by atomic mass is 10.1. The minimum absolute atomic E-state index is 0. The van der Waals surface area contributed by atoms with Gasteiger partial charge in [0.05, 0.1) is 6.10 Å². The Morgan fingerprint density at radius 1 is 1.23 bits per heavy atom. The summed E-state index contributed by atoms with van der Waals surface area (Å²) in [5.41, 5.74) is 1.38. The third-order valence-corrected chi connectivity index (χ3v) is 5.71. The number of benzene rings is 1. The van der Waals surface area contributed by atoms with Crippen LogP contribution in [0.15, 0.2) is 35.3 Å². The van der Waals surface area contributed by atoms with E-state index in [1.165, 1.54) is 5.56 Å². The van der Waals surface area contributed by atoms with Crippen molar-refractivity contribution in [3.05, 3.63) is 35.9 Å². The van der Waals surface area contributed by atoms with Crippen LogP contribution in [0.2, 0.25) is 0 Å². The van der Waals surface area contributed by atoms with Crippen molar-refractivity contribution < 1.29 is 9.47 Å². The predicted molar refractivity (Wildman–Crippen MR) is 134 cm³/mol. The smallest absolute Gasteiger partial charge is 0.191 e. The number of guanidine groups is 1. The van der Waals surface area contributed by atoms with Gasteiger partial charge in [0.2, 0.25) is 0 Å². The molecule has 0 saturated carbocycles. The zero-order chi connectivity index (χ0) is 20.3. The molecule has 2 atom stereocenters. The molecule has 0 amide bonds. The molecule has 2 aliphatic heterocycles. The lowest BCUT2D eigenvalue weighted by Crippen LogP contribution is -2.44. The third kappa shape index (κ3) is 8.69.